The minimum absolute atomic E-state index is 0.243. The second kappa shape index (κ2) is 7.27. The summed E-state index contributed by atoms with van der Waals surface area (Å²) < 4.78 is 27.1. The minimum Gasteiger partial charge on any atom is -0.207 e. The van der Waals surface area contributed by atoms with E-state index < -0.39 is 10.0 Å². The zero-order valence-corrected chi connectivity index (χ0v) is 14.3. The van der Waals surface area contributed by atoms with E-state index in [1.54, 1.807) is 36.4 Å². The van der Waals surface area contributed by atoms with E-state index in [2.05, 4.69) is 18.6 Å². The van der Waals surface area contributed by atoms with Gasteiger partial charge in [-0.2, -0.15) is 0 Å². The van der Waals surface area contributed by atoms with Crippen molar-refractivity contribution in [1.29, 1.82) is 0 Å². The van der Waals surface area contributed by atoms with Gasteiger partial charge in [0.1, 0.15) is 0 Å². The topological polar surface area (TPSA) is 46.2 Å². The Morgan fingerprint density at radius 3 is 2.05 bits per heavy atom. The summed E-state index contributed by atoms with van der Waals surface area (Å²) in [7, 11) is -3.50. The van der Waals surface area contributed by atoms with E-state index in [9.17, 15) is 8.42 Å². The van der Waals surface area contributed by atoms with Crippen LogP contribution in [0.15, 0.2) is 53.4 Å². The molecule has 2 aromatic carbocycles. The number of sulfonamides is 1. The Labute approximate surface area is 137 Å². The van der Waals surface area contributed by atoms with Crippen LogP contribution in [0.4, 0.5) is 0 Å². The summed E-state index contributed by atoms with van der Waals surface area (Å²) in [6.45, 7) is 4.52. The van der Waals surface area contributed by atoms with Gasteiger partial charge in [-0.05, 0) is 47.7 Å². The van der Waals surface area contributed by atoms with Gasteiger partial charge in [0.25, 0.3) is 0 Å². The molecule has 2 aromatic rings. The Hall–Kier alpha value is -1.36. The van der Waals surface area contributed by atoms with Gasteiger partial charge in [0.2, 0.25) is 10.0 Å². The molecule has 2 rings (SSSR count). The highest BCUT2D eigenvalue weighted by molar-refractivity contribution is 7.89. The lowest BCUT2D eigenvalue weighted by atomic mass is 10.0. The van der Waals surface area contributed by atoms with Gasteiger partial charge < -0.3 is 0 Å². The molecule has 0 aliphatic carbocycles. The van der Waals surface area contributed by atoms with Crippen molar-refractivity contribution in [2.75, 3.05) is 0 Å². The van der Waals surface area contributed by atoms with Crippen molar-refractivity contribution in [3.05, 3.63) is 64.7 Å². The van der Waals surface area contributed by atoms with Gasteiger partial charge in [-0.25, -0.2) is 13.1 Å². The van der Waals surface area contributed by atoms with Crippen LogP contribution in [0.3, 0.4) is 0 Å². The first-order valence-corrected chi connectivity index (χ1v) is 9.06. The van der Waals surface area contributed by atoms with Crippen LogP contribution in [-0.4, -0.2) is 8.42 Å². The number of rotatable bonds is 6. The molecule has 0 bridgehead atoms. The van der Waals surface area contributed by atoms with Gasteiger partial charge in [0, 0.05) is 11.6 Å². The van der Waals surface area contributed by atoms with E-state index in [-0.39, 0.29) is 11.4 Å². The number of hydrogen-bond donors (Lipinski definition) is 1. The van der Waals surface area contributed by atoms with E-state index in [1.165, 1.54) is 0 Å². The summed E-state index contributed by atoms with van der Waals surface area (Å²) in [6, 6.07) is 14.1. The largest absolute Gasteiger partial charge is 0.240 e. The molecule has 0 fully saturated rings. The van der Waals surface area contributed by atoms with Gasteiger partial charge in [-0.15, -0.1) is 0 Å². The lowest BCUT2D eigenvalue weighted by Crippen LogP contribution is -2.23. The number of nitrogens with one attached hydrogen (secondary N) is 1. The molecule has 0 amide bonds. The molecule has 118 valence electrons. The number of halogens is 1. The zero-order chi connectivity index (χ0) is 16.2. The van der Waals surface area contributed by atoms with Gasteiger partial charge in [0.05, 0.1) is 4.90 Å². The molecular weight excluding hydrogens is 318 g/mol. The molecule has 0 unspecified atom stereocenters. The summed E-state index contributed by atoms with van der Waals surface area (Å²) in [4.78, 5) is 0.286. The van der Waals surface area contributed by atoms with Crippen LogP contribution >= 0.6 is 11.6 Å². The predicted octanol–water partition coefficient (Wildman–Crippen LogP) is 4.02. The van der Waals surface area contributed by atoms with Crippen LogP contribution in [0.25, 0.3) is 0 Å². The molecule has 0 heterocycles. The molecule has 0 aromatic heterocycles. The second-order valence-electron chi connectivity index (χ2n) is 5.69. The predicted molar refractivity (Wildman–Crippen MR) is 90.5 cm³/mol. The highest BCUT2D eigenvalue weighted by Gasteiger charge is 2.13. The summed E-state index contributed by atoms with van der Waals surface area (Å²) >= 11 is 5.81. The van der Waals surface area contributed by atoms with Crippen molar-refractivity contribution >= 4 is 21.6 Å². The second-order valence-corrected chi connectivity index (χ2v) is 7.90. The number of hydrogen-bond acceptors (Lipinski definition) is 2. The van der Waals surface area contributed by atoms with Crippen LogP contribution in [-0.2, 0) is 23.0 Å². The summed E-state index contributed by atoms with van der Waals surface area (Å²) in [6.07, 6.45) is 0.943. The SMILES string of the molecule is CC(C)Cc1ccc(S(=O)(=O)NCc2ccc(Cl)cc2)cc1. The molecule has 0 saturated heterocycles. The Balaban J connectivity index is 2.04. The molecule has 3 nitrogen and oxygen atoms in total. The van der Waals surface area contributed by atoms with Crippen LogP contribution in [0, 0.1) is 5.92 Å². The maximum Gasteiger partial charge on any atom is 0.240 e. The molecule has 0 spiro atoms. The van der Waals surface area contributed by atoms with Crippen LogP contribution in [0.5, 0.6) is 0 Å². The van der Waals surface area contributed by atoms with E-state index in [4.69, 9.17) is 11.6 Å². The summed E-state index contributed by atoms with van der Waals surface area (Å²) in [5.74, 6) is 0.547. The normalized spacial score (nSPS) is 11.8. The Bertz CT molecular complexity index is 707. The first kappa shape index (κ1) is 17.0. The lowest BCUT2D eigenvalue weighted by Gasteiger charge is -2.09. The highest BCUT2D eigenvalue weighted by atomic mass is 35.5. The zero-order valence-electron chi connectivity index (χ0n) is 12.7. The fourth-order valence-corrected chi connectivity index (χ4v) is 3.28. The third kappa shape index (κ3) is 4.83. The molecule has 1 N–H and O–H groups in total. The van der Waals surface area contributed by atoms with Gasteiger partial charge >= 0.3 is 0 Å². The molecule has 22 heavy (non-hydrogen) atoms. The van der Waals surface area contributed by atoms with E-state index in [1.807, 2.05) is 12.1 Å². The fraction of sp³-hybridized carbons (Fsp3) is 0.294. The third-order valence-corrected chi connectivity index (χ3v) is 4.93. The van der Waals surface area contributed by atoms with Crippen LogP contribution < -0.4 is 4.72 Å². The smallest absolute Gasteiger partial charge is 0.207 e. The van der Waals surface area contributed by atoms with Crippen molar-refractivity contribution in [2.24, 2.45) is 5.92 Å². The van der Waals surface area contributed by atoms with E-state index in [0.29, 0.717) is 10.9 Å². The summed E-state index contributed by atoms with van der Waals surface area (Å²) in [5, 5.41) is 0.632. The molecular formula is C17H20ClNO2S. The first-order chi connectivity index (χ1) is 10.4. The lowest BCUT2D eigenvalue weighted by molar-refractivity contribution is 0.581. The number of benzene rings is 2. The minimum atomic E-state index is -3.50. The van der Waals surface area contributed by atoms with E-state index in [0.717, 1.165) is 17.5 Å². The van der Waals surface area contributed by atoms with Crippen molar-refractivity contribution in [3.8, 4) is 0 Å². The van der Waals surface area contributed by atoms with Crippen LogP contribution in [0.1, 0.15) is 25.0 Å². The maximum absolute atomic E-state index is 12.3. The van der Waals surface area contributed by atoms with Gasteiger partial charge in [-0.1, -0.05) is 49.7 Å². The standard InChI is InChI=1S/C17H20ClNO2S/c1-13(2)11-14-5-9-17(10-6-14)22(20,21)19-12-15-3-7-16(18)8-4-15/h3-10,13,19H,11-12H2,1-2H3. The Kier molecular flexibility index (Phi) is 5.62. The van der Waals surface area contributed by atoms with Crippen molar-refractivity contribution in [2.45, 2.75) is 31.7 Å². The highest BCUT2D eigenvalue weighted by Crippen LogP contribution is 2.15. The van der Waals surface area contributed by atoms with E-state index >= 15 is 0 Å². The maximum atomic E-state index is 12.3. The molecule has 0 saturated carbocycles. The fourth-order valence-electron chi connectivity index (χ4n) is 2.14. The molecule has 0 atom stereocenters. The van der Waals surface area contributed by atoms with Crippen molar-refractivity contribution in [1.82, 2.24) is 4.72 Å². The Morgan fingerprint density at radius 1 is 0.955 bits per heavy atom. The van der Waals surface area contributed by atoms with Crippen molar-refractivity contribution in [3.63, 3.8) is 0 Å². The van der Waals surface area contributed by atoms with Gasteiger partial charge in [-0.3, -0.25) is 0 Å². The van der Waals surface area contributed by atoms with Gasteiger partial charge in [0.15, 0.2) is 0 Å². The average Bonchev–Trinajstić information content (AvgIpc) is 2.47. The summed E-state index contributed by atoms with van der Waals surface area (Å²) in [5.41, 5.74) is 2.01. The average molecular weight is 338 g/mol. The molecule has 5 heteroatoms. The molecule has 0 aliphatic heterocycles. The molecule has 0 aliphatic rings. The molecule has 0 radical (unpaired) electrons. The van der Waals surface area contributed by atoms with Crippen LogP contribution in [0.2, 0.25) is 5.02 Å². The third-order valence-electron chi connectivity index (χ3n) is 3.26. The monoisotopic (exact) mass is 337 g/mol. The van der Waals surface area contributed by atoms with Crippen molar-refractivity contribution < 1.29 is 8.42 Å². The first-order valence-electron chi connectivity index (χ1n) is 7.20. The quantitative estimate of drug-likeness (QED) is 0.865. The Morgan fingerprint density at radius 2 is 1.50 bits per heavy atom.